The Morgan fingerprint density at radius 3 is 2.72 bits per heavy atom. The number of rotatable bonds is 4. The molecule has 0 radical (unpaired) electrons. The lowest BCUT2D eigenvalue weighted by molar-refractivity contribution is 0.415. The van der Waals surface area contributed by atoms with Gasteiger partial charge in [0.2, 0.25) is 5.95 Å². The topological polar surface area (TPSA) is 71.4 Å². The largest absolute Gasteiger partial charge is 0.497 e. The van der Waals surface area contributed by atoms with E-state index in [1.54, 1.807) is 25.1 Å². The maximum atomic E-state index is 5.22. The van der Waals surface area contributed by atoms with Gasteiger partial charge in [0.1, 0.15) is 5.75 Å². The first-order valence-electron chi connectivity index (χ1n) is 7.84. The lowest BCUT2D eigenvalue weighted by Crippen LogP contribution is -2.03. The summed E-state index contributed by atoms with van der Waals surface area (Å²) in [5.41, 5.74) is 5.81. The molecule has 0 unspecified atom stereocenters. The molecule has 2 heterocycles. The van der Waals surface area contributed by atoms with E-state index in [2.05, 4.69) is 25.6 Å². The molecule has 0 bridgehead atoms. The summed E-state index contributed by atoms with van der Waals surface area (Å²) in [4.78, 5) is 13.2. The third-order valence-electron chi connectivity index (χ3n) is 3.28. The van der Waals surface area contributed by atoms with E-state index in [0.717, 1.165) is 34.2 Å². The zero-order valence-electron chi connectivity index (χ0n) is 14.9. The molecular formula is C18H23N5OS. The van der Waals surface area contributed by atoms with Crippen molar-refractivity contribution in [3.05, 3.63) is 47.9 Å². The van der Waals surface area contributed by atoms with E-state index in [1.807, 2.05) is 56.9 Å². The lowest BCUT2D eigenvalue weighted by atomic mass is 10.1. The van der Waals surface area contributed by atoms with Crippen LogP contribution in [0.1, 0.15) is 12.6 Å². The number of anilines is 2. The minimum absolute atomic E-state index is 0.561. The highest BCUT2D eigenvalue weighted by molar-refractivity contribution is 8.12. The Balaban J connectivity index is 0.000000701. The molecule has 1 aromatic heterocycles. The van der Waals surface area contributed by atoms with Gasteiger partial charge in [-0.05, 0) is 39.2 Å². The Kier molecular flexibility index (Phi) is 7.43. The summed E-state index contributed by atoms with van der Waals surface area (Å²) < 4.78 is 5.22. The van der Waals surface area contributed by atoms with Gasteiger partial charge in [0, 0.05) is 35.0 Å². The number of allylic oxidation sites excluding steroid dienone is 1. The van der Waals surface area contributed by atoms with Crippen molar-refractivity contribution < 1.29 is 4.74 Å². The molecule has 0 atom stereocenters. The van der Waals surface area contributed by atoms with Crippen molar-refractivity contribution in [1.82, 2.24) is 15.3 Å². The molecule has 3 rings (SSSR count). The Morgan fingerprint density at radius 1 is 1.20 bits per heavy atom. The van der Waals surface area contributed by atoms with Crippen molar-refractivity contribution in [2.75, 3.05) is 32.3 Å². The molecule has 2 aromatic rings. The number of aliphatic imine (C=N–C) groups is 1. The van der Waals surface area contributed by atoms with Crippen molar-refractivity contribution in [1.29, 1.82) is 0 Å². The minimum atomic E-state index is 0.561. The molecule has 7 heteroatoms. The maximum Gasteiger partial charge on any atom is 0.227 e. The third-order valence-corrected chi connectivity index (χ3v) is 3.99. The maximum absolute atomic E-state index is 5.22. The molecule has 132 valence electrons. The van der Waals surface area contributed by atoms with Crippen LogP contribution in [0.4, 0.5) is 11.6 Å². The van der Waals surface area contributed by atoms with Crippen molar-refractivity contribution in [3.8, 4) is 5.75 Å². The number of benzene rings is 1. The van der Waals surface area contributed by atoms with Gasteiger partial charge in [0.25, 0.3) is 0 Å². The molecule has 0 saturated carbocycles. The van der Waals surface area contributed by atoms with Crippen LogP contribution in [0.3, 0.4) is 0 Å². The standard InChI is InChI=1S/C16H16N4OS.C2H7N/c1-11-14(9-22-10-18-11)15-6-7-17-16(20-15)19-12-4-3-5-13(8-12)21-2;1-3-2/h3-8,10H,9H2,1-2H3,(H,17,19,20);3H,1-2H3. The molecule has 2 N–H and O–H groups in total. The van der Waals surface area contributed by atoms with Crippen LogP contribution in [-0.2, 0) is 0 Å². The van der Waals surface area contributed by atoms with E-state index >= 15 is 0 Å². The van der Waals surface area contributed by atoms with Gasteiger partial charge in [-0.2, -0.15) is 0 Å². The second kappa shape index (κ2) is 9.80. The smallest absolute Gasteiger partial charge is 0.227 e. The second-order valence-electron chi connectivity index (χ2n) is 5.23. The molecule has 0 saturated heterocycles. The predicted octanol–water partition coefficient (Wildman–Crippen LogP) is 3.57. The molecule has 1 aliphatic rings. The summed E-state index contributed by atoms with van der Waals surface area (Å²) in [5.74, 6) is 2.23. The number of thioether (sulfide) groups is 1. The zero-order valence-corrected chi connectivity index (χ0v) is 15.7. The Morgan fingerprint density at radius 2 is 2.00 bits per heavy atom. The first-order chi connectivity index (χ1) is 12.2. The van der Waals surface area contributed by atoms with Gasteiger partial charge in [-0.1, -0.05) is 6.07 Å². The SMILES string of the molecule is CNC.COc1cccc(Nc2nccc(C3=C(C)N=CSC3)n2)c1. The number of nitrogens with zero attached hydrogens (tertiary/aromatic N) is 3. The number of nitrogens with one attached hydrogen (secondary N) is 2. The summed E-state index contributed by atoms with van der Waals surface area (Å²) >= 11 is 1.67. The molecule has 0 aliphatic carbocycles. The summed E-state index contributed by atoms with van der Waals surface area (Å²) in [6.45, 7) is 2.00. The quantitative estimate of drug-likeness (QED) is 0.872. The molecule has 6 nitrogen and oxygen atoms in total. The first-order valence-corrected chi connectivity index (χ1v) is 8.89. The summed E-state index contributed by atoms with van der Waals surface area (Å²) in [5, 5.41) is 5.95. The van der Waals surface area contributed by atoms with Crippen LogP contribution >= 0.6 is 11.8 Å². The molecular weight excluding hydrogens is 334 g/mol. The summed E-state index contributed by atoms with van der Waals surface area (Å²) in [6, 6.07) is 9.58. The van der Waals surface area contributed by atoms with E-state index < -0.39 is 0 Å². The van der Waals surface area contributed by atoms with Crippen molar-refractivity contribution in [3.63, 3.8) is 0 Å². The number of aromatic nitrogens is 2. The van der Waals surface area contributed by atoms with Gasteiger partial charge in [-0.15, -0.1) is 11.8 Å². The van der Waals surface area contributed by atoms with Gasteiger partial charge in [0.05, 0.1) is 18.4 Å². The van der Waals surface area contributed by atoms with Crippen LogP contribution in [0, 0.1) is 0 Å². The number of ether oxygens (including phenoxy) is 1. The van der Waals surface area contributed by atoms with Gasteiger partial charge in [-0.3, -0.25) is 4.99 Å². The van der Waals surface area contributed by atoms with Crippen LogP contribution in [0.5, 0.6) is 5.75 Å². The summed E-state index contributed by atoms with van der Waals surface area (Å²) in [7, 11) is 5.40. The molecule has 25 heavy (non-hydrogen) atoms. The fraction of sp³-hybridized carbons (Fsp3) is 0.278. The van der Waals surface area contributed by atoms with Crippen LogP contribution in [0.25, 0.3) is 5.57 Å². The van der Waals surface area contributed by atoms with Crippen LogP contribution in [0.15, 0.2) is 47.2 Å². The molecule has 0 amide bonds. The van der Waals surface area contributed by atoms with Crippen LogP contribution in [0.2, 0.25) is 0 Å². The highest BCUT2D eigenvalue weighted by Crippen LogP contribution is 2.26. The Bertz CT molecular complexity index is 761. The number of methoxy groups -OCH3 is 1. The fourth-order valence-corrected chi connectivity index (χ4v) is 2.93. The monoisotopic (exact) mass is 357 g/mol. The highest BCUT2D eigenvalue weighted by Gasteiger charge is 2.11. The van der Waals surface area contributed by atoms with Gasteiger partial charge in [-0.25, -0.2) is 9.97 Å². The van der Waals surface area contributed by atoms with E-state index in [0.29, 0.717) is 5.95 Å². The van der Waals surface area contributed by atoms with Gasteiger partial charge < -0.3 is 15.4 Å². The molecule has 0 spiro atoms. The number of hydrogen-bond acceptors (Lipinski definition) is 7. The van der Waals surface area contributed by atoms with Gasteiger partial charge >= 0.3 is 0 Å². The average Bonchev–Trinajstić information content (AvgIpc) is 2.63. The molecule has 1 aromatic carbocycles. The van der Waals surface area contributed by atoms with Gasteiger partial charge in [0.15, 0.2) is 0 Å². The van der Waals surface area contributed by atoms with Crippen molar-refractivity contribution in [2.45, 2.75) is 6.92 Å². The second-order valence-corrected chi connectivity index (χ2v) is 6.06. The minimum Gasteiger partial charge on any atom is -0.497 e. The van der Waals surface area contributed by atoms with E-state index in [9.17, 15) is 0 Å². The van der Waals surface area contributed by atoms with E-state index in [-0.39, 0.29) is 0 Å². The Hall–Kier alpha value is -2.38. The first kappa shape index (κ1) is 19.0. The van der Waals surface area contributed by atoms with Crippen molar-refractivity contribution >= 4 is 34.5 Å². The van der Waals surface area contributed by atoms with Crippen LogP contribution < -0.4 is 15.4 Å². The molecule has 1 aliphatic heterocycles. The normalized spacial score (nSPS) is 13.1. The average molecular weight is 357 g/mol. The van der Waals surface area contributed by atoms with E-state index in [4.69, 9.17) is 4.74 Å². The fourth-order valence-electron chi connectivity index (χ4n) is 2.10. The lowest BCUT2D eigenvalue weighted by Gasteiger charge is -2.13. The predicted molar refractivity (Wildman–Crippen MR) is 107 cm³/mol. The zero-order chi connectivity index (χ0) is 18.1. The van der Waals surface area contributed by atoms with E-state index in [1.165, 1.54) is 0 Å². The highest BCUT2D eigenvalue weighted by atomic mass is 32.2. The number of hydrogen-bond donors (Lipinski definition) is 2. The summed E-state index contributed by atoms with van der Waals surface area (Å²) in [6.07, 6.45) is 1.76. The molecule has 0 fully saturated rings. The Labute approximate surface area is 152 Å². The third kappa shape index (κ3) is 5.58. The van der Waals surface area contributed by atoms with Crippen LogP contribution in [-0.4, -0.2) is 42.5 Å². The van der Waals surface area contributed by atoms with Crippen molar-refractivity contribution in [2.24, 2.45) is 4.99 Å².